The van der Waals surface area contributed by atoms with Crippen LogP contribution in [0.2, 0.25) is 10.0 Å². The number of anilines is 1. The second-order valence-electron chi connectivity index (χ2n) is 3.22. The molecule has 0 fully saturated rings. The number of halogens is 2. The highest BCUT2D eigenvalue weighted by Crippen LogP contribution is 2.35. The van der Waals surface area contributed by atoms with E-state index in [4.69, 9.17) is 33.7 Å². The molecule has 0 saturated carbocycles. The van der Waals surface area contributed by atoms with Crippen LogP contribution < -0.4 is 10.5 Å². The van der Waals surface area contributed by atoms with Gasteiger partial charge in [0.05, 0.1) is 10.7 Å². The summed E-state index contributed by atoms with van der Waals surface area (Å²) in [5.41, 5.74) is 6.26. The summed E-state index contributed by atoms with van der Waals surface area (Å²) in [6.07, 6.45) is 0. The molecule has 16 heavy (non-hydrogen) atoms. The molecule has 0 saturated heterocycles. The predicted molar refractivity (Wildman–Crippen MR) is 67.4 cm³/mol. The van der Waals surface area contributed by atoms with Crippen LogP contribution >= 0.6 is 23.2 Å². The quantitative estimate of drug-likeness (QED) is 0.807. The minimum absolute atomic E-state index is 0.450. The van der Waals surface area contributed by atoms with Gasteiger partial charge < -0.3 is 10.5 Å². The monoisotopic (exact) mass is 253 g/mol. The smallest absolute Gasteiger partial charge is 0.168 e. The number of rotatable bonds is 2. The zero-order chi connectivity index (χ0) is 11.5. The fraction of sp³-hybridized carbons (Fsp3) is 0. The molecule has 4 heteroatoms. The van der Waals surface area contributed by atoms with E-state index in [1.54, 1.807) is 42.5 Å². The Morgan fingerprint density at radius 2 is 1.75 bits per heavy atom. The molecule has 0 bridgehead atoms. The number of para-hydroxylation sites is 1. The van der Waals surface area contributed by atoms with Crippen molar-refractivity contribution in [3.63, 3.8) is 0 Å². The first kappa shape index (κ1) is 11.1. The molecule has 0 heterocycles. The third-order valence-corrected chi connectivity index (χ3v) is 2.55. The Balaban J connectivity index is 2.34. The Hall–Kier alpha value is -1.38. The topological polar surface area (TPSA) is 35.2 Å². The summed E-state index contributed by atoms with van der Waals surface area (Å²) in [7, 11) is 0. The van der Waals surface area contributed by atoms with Gasteiger partial charge in [0, 0.05) is 5.02 Å². The van der Waals surface area contributed by atoms with Gasteiger partial charge in [-0.15, -0.1) is 0 Å². The molecular formula is C12H9Cl2NO. The second kappa shape index (κ2) is 4.64. The van der Waals surface area contributed by atoms with Crippen molar-refractivity contribution >= 4 is 28.9 Å². The first-order valence-electron chi connectivity index (χ1n) is 4.64. The molecule has 0 unspecified atom stereocenters. The third kappa shape index (κ3) is 2.40. The molecular weight excluding hydrogens is 245 g/mol. The third-order valence-electron chi connectivity index (χ3n) is 2.01. The van der Waals surface area contributed by atoms with Gasteiger partial charge in [0.1, 0.15) is 5.75 Å². The van der Waals surface area contributed by atoms with E-state index >= 15 is 0 Å². The Morgan fingerprint density at radius 1 is 1.00 bits per heavy atom. The van der Waals surface area contributed by atoms with Gasteiger partial charge in [-0.05, 0) is 30.3 Å². The first-order chi connectivity index (χ1) is 7.66. The van der Waals surface area contributed by atoms with E-state index < -0.39 is 0 Å². The molecule has 0 atom stereocenters. The van der Waals surface area contributed by atoms with E-state index in [0.717, 1.165) is 0 Å². The molecule has 2 nitrogen and oxygen atoms in total. The summed E-state index contributed by atoms with van der Waals surface area (Å²) in [6.45, 7) is 0. The highest BCUT2D eigenvalue weighted by molar-refractivity contribution is 6.32. The van der Waals surface area contributed by atoms with E-state index in [1.807, 2.05) is 0 Å². The zero-order valence-corrected chi connectivity index (χ0v) is 9.79. The number of nitrogens with two attached hydrogens (primary N) is 1. The lowest BCUT2D eigenvalue weighted by Gasteiger charge is -2.09. The van der Waals surface area contributed by atoms with E-state index in [2.05, 4.69) is 0 Å². The van der Waals surface area contributed by atoms with Crippen molar-refractivity contribution in [1.29, 1.82) is 0 Å². The Morgan fingerprint density at radius 3 is 2.44 bits per heavy atom. The second-order valence-corrected chi connectivity index (χ2v) is 4.06. The minimum Gasteiger partial charge on any atom is -0.454 e. The molecule has 0 spiro atoms. The van der Waals surface area contributed by atoms with Crippen molar-refractivity contribution in [2.45, 2.75) is 0 Å². The molecule has 2 N–H and O–H groups in total. The fourth-order valence-corrected chi connectivity index (χ4v) is 1.68. The van der Waals surface area contributed by atoms with Crippen LogP contribution in [-0.4, -0.2) is 0 Å². The van der Waals surface area contributed by atoms with E-state index in [1.165, 1.54) is 0 Å². The van der Waals surface area contributed by atoms with Crippen molar-refractivity contribution in [2.75, 3.05) is 5.73 Å². The highest BCUT2D eigenvalue weighted by atomic mass is 35.5. The molecule has 82 valence electrons. The van der Waals surface area contributed by atoms with Gasteiger partial charge >= 0.3 is 0 Å². The first-order valence-corrected chi connectivity index (χ1v) is 5.40. The lowest BCUT2D eigenvalue weighted by molar-refractivity contribution is 0.485. The lowest BCUT2D eigenvalue weighted by atomic mass is 10.3. The van der Waals surface area contributed by atoms with Crippen LogP contribution in [0, 0.1) is 0 Å². The van der Waals surface area contributed by atoms with Gasteiger partial charge in [-0.25, -0.2) is 0 Å². The maximum atomic E-state index is 5.98. The molecule has 0 aliphatic heterocycles. The Kier molecular flexibility index (Phi) is 3.22. The zero-order valence-electron chi connectivity index (χ0n) is 8.28. The molecule has 2 aromatic rings. The van der Waals surface area contributed by atoms with Crippen molar-refractivity contribution in [3.8, 4) is 11.5 Å². The molecule has 0 aromatic heterocycles. The normalized spacial score (nSPS) is 10.1. The summed E-state index contributed by atoms with van der Waals surface area (Å²) in [4.78, 5) is 0. The maximum absolute atomic E-state index is 5.98. The minimum atomic E-state index is 0.450. The Bertz CT molecular complexity index is 494. The van der Waals surface area contributed by atoms with Crippen LogP contribution in [0.5, 0.6) is 11.5 Å². The number of hydrogen-bond acceptors (Lipinski definition) is 2. The van der Waals surface area contributed by atoms with Crippen molar-refractivity contribution < 1.29 is 4.74 Å². The van der Waals surface area contributed by atoms with Crippen LogP contribution in [0.15, 0.2) is 42.5 Å². The number of hydrogen-bond donors (Lipinski definition) is 1. The van der Waals surface area contributed by atoms with Gasteiger partial charge in [0.2, 0.25) is 0 Å². The van der Waals surface area contributed by atoms with Gasteiger partial charge in [-0.1, -0.05) is 35.3 Å². The van der Waals surface area contributed by atoms with Crippen molar-refractivity contribution in [1.82, 2.24) is 0 Å². The largest absolute Gasteiger partial charge is 0.454 e. The summed E-state index contributed by atoms with van der Waals surface area (Å²) in [5, 5.41) is 1.07. The number of ether oxygens (including phenoxy) is 1. The highest BCUT2D eigenvalue weighted by Gasteiger charge is 2.06. The van der Waals surface area contributed by atoms with E-state index in [9.17, 15) is 0 Å². The molecule has 2 rings (SSSR count). The lowest BCUT2D eigenvalue weighted by Crippen LogP contribution is -1.92. The van der Waals surface area contributed by atoms with E-state index in [-0.39, 0.29) is 0 Å². The summed E-state index contributed by atoms with van der Waals surface area (Å²) in [5.74, 6) is 1.05. The van der Waals surface area contributed by atoms with E-state index in [0.29, 0.717) is 27.2 Å². The van der Waals surface area contributed by atoms with Crippen LogP contribution in [0.4, 0.5) is 5.69 Å². The van der Waals surface area contributed by atoms with Crippen LogP contribution in [-0.2, 0) is 0 Å². The molecule has 0 aliphatic rings. The van der Waals surface area contributed by atoms with Crippen molar-refractivity contribution in [3.05, 3.63) is 52.5 Å². The SMILES string of the molecule is Nc1cccc(Cl)c1Oc1cccc(Cl)c1. The average Bonchev–Trinajstić information content (AvgIpc) is 2.24. The predicted octanol–water partition coefficient (Wildman–Crippen LogP) is 4.37. The molecule has 0 amide bonds. The van der Waals surface area contributed by atoms with Crippen LogP contribution in [0.1, 0.15) is 0 Å². The van der Waals surface area contributed by atoms with Crippen LogP contribution in [0.3, 0.4) is 0 Å². The van der Waals surface area contributed by atoms with Gasteiger partial charge in [-0.2, -0.15) is 0 Å². The molecule has 2 aromatic carbocycles. The van der Waals surface area contributed by atoms with Gasteiger partial charge in [0.25, 0.3) is 0 Å². The maximum Gasteiger partial charge on any atom is 0.168 e. The molecule has 0 radical (unpaired) electrons. The number of nitrogen functional groups attached to an aromatic ring is 1. The van der Waals surface area contributed by atoms with Crippen molar-refractivity contribution in [2.24, 2.45) is 0 Å². The van der Waals surface area contributed by atoms with Gasteiger partial charge in [0.15, 0.2) is 5.75 Å². The molecule has 0 aliphatic carbocycles. The summed E-state index contributed by atoms with van der Waals surface area (Å²) < 4.78 is 5.58. The van der Waals surface area contributed by atoms with Gasteiger partial charge in [-0.3, -0.25) is 0 Å². The standard InChI is InChI=1S/C12H9Cl2NO/c13-8-3-1-4-9(7-8)16-12-10(14)5-2-6-11(12)15/h1-7H,15H2. The summed E-state index contributed by atoms with van der Waals surface area (Å²) in [6, 6.07) is 12.3. The fourth-order valence-electron chi connectivity index (χ4n) is 1.28. The Labute approximate surface area is 104 Å². The summed E-state index contributed by atoms with van der Waals surface area (Å²) >= 11 is 11.8. The number of benzene rings is 2. The van der Waals surface area contributed by atoms with Crippen LogP contribution in [0.25, 0.3) is 0 Å². The average molecular weight is 254 g/mol.